The Labute approximate surface area is 141 Å². The standard InChI is InChI=1S/C15H7ClF3N3OS/c16-8-2-3-9-12(6-8)24-14(21-9)22-11-4-1-7(15(17,18)19)5-10(11)20-13(22)23/h1-6H,(H,20,23). The van der Waals surface area contributed by atoms with Crippen LogP contribution < -0.4 is 5.69 Å². The minimum atomic E-state index is -4.47. The molecule has 0 saturated carbocycles. The Morgan fingerprint density at radius 3 is 2.71 bits per heavy atom. The van der Waals surface area contributed by atoms with Crippen LogP contribution in [0.4, 0.5) is 13.2 Å². The third-order valence-electron chi connectivity index (χ3n) is 3.54. The van der Waals surface area contributed by atoms with Crippen LogP contribution in [0.15, 0.2) is 41.2 Å². The van der Waals surface area contributed by atoms with Crippen LogP contribution >= 0.6 is 22.9 Å². The second-order valence-corrected chi connectivity index (χ2v) is 6.55. The van der Waals surface area contributed by atoms with Crippen LogP contribution in [0.25, 0.3) is 26.4 Å². The molecule has 4 aromatic rings. The van der Waals surface area contributed by atoms with E-state index in [0.717, 1.165) is 16.8 Å². The van der Waals surface area contributed by atoms with E-state index in [9.17, 15) is 18.0 Å². The fraction of sp³-hybridized carbons (Fsp3) is 0.0667. The van der Waals surface area contributed by atoms with Crippen molar-refractivity contribution in [2.24, 2.45) is 0 Å². The average Bonchev–Trinajstić information content (AvgIpc) is 3.04. The fourth-order valence-electron chi connectivity index (χ4n) is 2.46. The van der Waals surface area contributed by atoms with Crippen LogP contribution in [0, 0.1) is 0 Å². The van der Waals surface area contributed by atoms with Crippen LogP contribution in [0.3, 0.4) is 0 Å². The first-order valence-corrected chi connectivity index (χ1v) is 7.91. The molecule has 4 nitrogen and oxygen atoms in total. The summed E-state index contributed by atoms with van der Waals surface area (Å²) in [4.78, 5) is 19.0. The van der Waals surface area contributed by atoms with Gasteiger partial charge < -0.3 is 4.98 Å². The number of H-pyrrole nitrogens is 1. The van der Waals surface area contributed by atoms with E-state index in [4.69, 9.17) is 11.6 Å². The highest BCUT2D eigenvalue weighted by Crippen LogP contribution is 2.32. The predicted octanol–water partition coefficient (Wildman–Crippen LogP) is 4.60. The van der Waals surface area contributed by atoms with Gasteiger partial charge in [0, 0.05) is 5.02 Å². The van der Waals surface area contributed by atoms with Gasteiger partial charge in [-0.05, 0) is 36.4 Å². The Hall–Kier alpha value is -2.32. The Morgan fingerprint density at radius 2 is 1.96 bits per heavy atom. The highest BCUT2D eigenvalue weighted by Gasteiger charge is 2.31. The van der Waals surface area contributed by atoms with E-state index in [2.05, 4.69) is 9.97 Å². The fourth-order valence-corrected chi connectivity index (χ4v) is 3.71. The maximum atomic E-state index is 12.8. The van der Waals surface area contributed by atoms with Crippen molar-refractivity contribution in [1.29, 1.82) is 0 Å². The van der Waals surface area contributed by atoms with E-state index >= 15 is 0 Å². The van der Waals surface area contributed by atoms with E-state index in [0.29, 0.717) is 21.2 Å². The molecule has 0 unspecified atom stereocenters. The monoisotopic (exact) mass is 369 g/mol. The number of nitrogens with one attached hydrogen (secondary N) is 1. The van der Waals surface area contributed by atoms with E-state index in [1.165, 1.54) is 22.0 Å². The van der Waals surface area contributed by atoms with Crippen LogP contribution in [0.2, 0.25) is 5.02 Å². The lowest BCUT2D eigenvalue weighted by molar-refractivity contribution is -0.137. The lowest BCUT2D eigenvalue weighted by atomic mass is 10.2. The Morgan fingerprint density at radius 1 is 1.17 bits per heavy atom. The van der Waals surface area contributed by atoms with Crippen molar-refractivity contribution in [3.05, 3.63) is 57.5 Å². The lowest BCUT2D eigenvalue weighted by Gasteiger charge is -2.06. The molecule has 24 heavy (non-hydrogen) atoms. The molecule has 0 atom stereocenters. The molecular formula is C15H7ClF3N3OS. The summed E-state index contributed by atoms with van der Waals surface area (Å²) in [7, 11) is 0. The van der Waals surface area contributed by atoms with Crippen LogP contribution in [0.1, 0.15) is 5.56 Å². The number of thiazole rings is 1. The van der Waals surface area contributed by atoms with E-state index in [1.807, 2.05) is 0 Å². The van der Waals surface area contributed by atoms with Crippen LogP contribution in [-0.4, -0.2) is 14.5 Å². The number of nitrogens with zero attached hydrogens (tertiary/aromatic N) is 2. The quantitative estimate of drug-likeness (QED) is 0.533. The van der Waals surface area contributed by atoms with Gasteiger partial charge in [0.2, 0.25) is 0 Å². The Balaban J connectivity index is 1.95. The molecule has 1 N–H and O–H groups in total. The SMILES string of the molecule is O=c1[nH]c2cc(C(F)(F)F)ccc2n1-c1nc2ccc(Cl)cc2s1. The average molecular weight is 370 g/mol. The van der Waals surface area contributed by atoms with Crippen molar-refractivity contribution < 1.29 is 13.2 Å². The first-order valence-electron chi connectivity index (χ1n) is 6.71. The number of rotatable bonds is 1. The van der Waals surface area contributed by atoms with Gasteiger partial charge in [0.15, 0.2) is 5.13 Å². The zero-order valence-electron chi connectivity index (χ0n) is 11.7. The van der Waals surface area contributed by atoms with E-state index in [1.54, 1.807) is 18.2 Å². The van der Waals surface area contributed by atoms with Gasteiger partial charge >= 0.3 is 11.9 Å². The van der Waals surface area contributed by atoms with Gasteiger partial charge in [-0.1, -0.05) is 22.9 Å². The maximum absolute atomic E-state index is 12.8. The molecule has 2 aromatic carbocycles. The molecule has 2 aromatic heterocycles. The largest absolute Gasteiger partial charge is 0.416 e. The minimum absolute atomic E-state index is 0.104. The highest BCUT2D eigenvalue weighted by molar-refractivity contribution is 7.20. The molecule has 0 bridgehead atoms. The molecular weight excluding hydrogens is 363 g/mol. The third-order valence-corrected chi connectivity index (χ3v) is 4.78. The van der Waals surface area contributed by atoms with Crippen molar-refractivity contribution in [1.82, 2.24) is 14.5 Å². The van der Waals surface area contributed by atoms with Crippen molar-refractivity contribution >= 4 is 44.2 Å². The molecule has 0 saturated heterocycles. The zero-order valence-corrected chi connectivity index (χ0v) is 13.3. The molecule has 0 aliphatic heterocycles. The summed E-state index contributed by atoms with van der Waals surface area (Å²) in [5.41, 5.74) is -0.271. The molecule has 0 aliphatic carbocycles. The summed E-state index contributed by atoms with van der Waals surface area (Å²) in [6, 6.07) is 8.24. The first kappa shape index (κ1) is 15.2. The normalized spacial score (nSPS) is 12.3. The number of halogens is 4. The number of imidazole rings is 1. The zero-order chi connectivity index (χ0) is 17.1. The highest BCUT2D eigenvalue weighted by atomic mass is 35.5. The lowest BCUT2D eigenvalue weighted by Crippen LogP contribution is -2.14. The van der Waals surface area contributed by atoms with E-state index in [-0.39, 0.29) is 5.52 Å². The summed E-state index contributed by atoms with van der Waals surface area (Å²) in [6.07, 6.45) is -4.47. The molecule has 0 spiro atoms. The molecule has 0 fully saturated rings. The van der Waals surface area contributed by atoms with Gasteiger partial charge in [-0.3, -0.25) is 0 Å². The second kappa shape index (κ2) is 5.09. The van der Waals surface area contributed by atoms with Gasteiger partial charge in [-0.15, -0.1) is 0 Å². The van der Waals surface area contributed by atoms with Crippen molar-refractivity contribution in [3.8, 4) is 5.13 Å². The topological polar surface area (TPSA) is 50.7 Å². The molecule has 2 heterocycles. The number of aromatic nitrogens is 3. The predicted molar refractivity (Wildman–Crippen MR) is 87.1 cm³/mol. The molecule has 0 amide bonds. The first-order chi connectivity index (χ1) is 11.3. The van der Waals surface area contributed by atoms with Crippen LogP contribution in [0.5, 0.6) is 0 Å². The number of fused-ring (bicyclic) bond motifs is 2. The maximum Gasteiger partial charge on any atom is 0.416 e. The number of alkyl halides is 3. The summed E-state index contributed by atoms with van der Waals surface area (Å²) in [6.45, 7) is 0. The van der Waals surface area contributed by atoms with Crippen molar-refractivity contribution in [3.63, 3.8) is 0 Å². The molecule has 0 aliphatic rings. The number of hydrogen-bond donors (Lipinski definition) is 1. The second-order valence-electron chi connectivity index (χ2n) is 5.10. The van der Waals surface area contributed by atoms with E-state index < -0.39 is 17.4 Å². The Kier molecular flexibility index (Phi) is 3.23. The Bertz CT molecular complexity index is 1140. The molecule has 122 valence electrons. The van der Waals surface area contributed by atoms with Gasteiger partial charge in [-0.2, -0.15) is 13.2 Å². The van der Waals surface area contributed by atoms with Gasteiger partial charge in [0.25, 0.3) is 0 Å². The molecule has 9 heteroatoms. The van der Waals surface area contributed by atoms with Crippen LogP contribution in [-0.2, 0) is 6.18 Å². The summed E-state index contributed by atoms with van der Waals surface area (Å²) < 4.78 is 40.4. The molecule has 0 radical (unpaired) electrons. The number of benzene rings is 2. The third kappa shape index (κ3) is 2.38. The number of hydrogen-bond acceptors (Lipinski definition) is 3. The van der Waals surface area contributed by atoms with Crippen molar-refractivity contribution in [2.45, 2.75) is 6.18 Å². The van der Waals surface area contributed by atoms with Crippen molar-refractivity contribution in [2.75, 3.05) is 0 Å². The van der Waals surface area contributed by atoms with Gasteiger partial charge in [0.05, 0.1) is 26.8 Å². The summed E-state index contributed by atoms with van der Waals surface area (Å²) >= 11 is 7.17. The molecule has 4 rings (SSSR count). The number of aromatic amines is 1. The minimum Gasteiger partial charge on any atom is -0.305 e. The summed E-state index contributed by atoms with van der Waals surface area (Å²) in [5.74, 6) is 0. The smallest absolute Gasteiger partial charge is 0.305 e. The van der Waals surface area contributed by atoms with Gasteiger partial charge in [0.1, 0.15) is 0 Å². The summed E-state index contributed by atoms with van der Waals surface area (Å²) in [5, 5.41) is 0.905. The van der Waals surface area contributed by atoms with Gasteiger partial charge in [-0.25, -0.2) is 14.3 Å².